The summed E-state index contributed by atoms with van der Waals surface area (Å²) in [6.07, 6.45) is 1.64. The molecular weight excluding hydrogens is 454 g/mol. The number of aromatic nitrogens is 2. The van der Waals surface area contributed by atoms with Crippen LogP contribution in [0, 0.1) is 0 Å². The van der Waals surface area contributed by atoms with Crippen LogP contribution in [0.2, 0.25) is 5.02 Å². The molecule has 0 bridgehead atoms. The summed E-state index contributed by atoms with van der Waals surface area (Å²) in [5, 5.41) is 7.52. The van der Waals surface area contributed by atoms with Gasteiger partial charge in [0.1, 0.15) is 22.7 Å². The fourth-order valence-electron chi connectivity index (χ4n) is 4.21. The zero-order valence-electron chi connectivity index (χ0n) is 18.5. The fraction of sp³-hybridized carbons (Fsp3) is 0.280. The van der Waals surface area contributed by atoms with Crippen LogP contribution < -0.4 is 15.0 Å². The van der Waals surface area contributed by atoms with Crippen molar-refractivity contribution in [3.8, 4) is 16.9 Å². The number of piperazine rings is 1. The number of hydrogen-bond donors (Lipinski definition) is 1. The second-order valence-electron chi connectivity index (χ2n) is 8.01. The van der Waals surface area contributed by atoms with Crippen molar-refractivity contribution in [3.63, 3.8) is 0 Å². The van der Waals surface area contributed by atoms with E-state index in [1.807, 2.05) is 36.4 Å². The number of benzene rings is 2. The lowest BCUT2D eigenvalue weighted by atomic mass is 10.1. The topological polar surface area (TPSA) is 53.5 Å². The SMILES string of the molecule is COc1ccc(N2CCN(CCNc3ncnc4scc(-c5ccc(Cl)cc5)c34)CC2)cc1. The second kappa shape index (κ2) is 9.95. The predicted octanol–water partition coefficient (Wildman–Crippen LogP) is 5.25. The zero-order chi connectivity index (χ0) is 22.6. The van der Waals surface area contributed by atoms with Gasteiger partial charge in [0.2, 0.25) is 0 Å². The van der Waals surface area contributed by atoms with Crippen molar-refractivity contribution >= 4 is 44.7 Å². The van der Waals surface area contributed by atoms with Gasteiger partial charge in [0.25, 0.3) is 0 Å². The molecule has 1 fully saturated rings. The molecule has 0 radical (unpaired) electrons. The van der Waals surface area contributed by atoms with Crippen LogP contribution in [0.4, 0.5) is 11.5 Å². The van der Waals surface area contributed by atoms with Crippen molar-refractivity contribution in [1.29, 1.82) is 0 Å². The molecule has 1 aliphatic heterocycles. The molecule has 3 heterocycles. The first kappa shape index (κ1) is 21.9. The normalized spacial score (nSPS) is 14.5. The minimum atomic E-state index is 0.736. The van der Waals surface area contributed by atoms with Crippen LogP contribution in [0.3, 0.4) is 0 Å². The van der Waals surface area contributed by atoms with Crippen molar-refractivity contribution < 1.29 is 4.74 Å². The van der Waals surface area contributed by atoms with Gasteiger partial charge >= 0.3 is 0 Å². The summed E-state index contributed by atoms with van der Waals surface area (Å²) in [4.78, 5) is 14.9. The van der Waals surface area contributed by atoms with Gasteiger partial charge in [0, 0.05) is 60.9 Å². The molecule has 0 unspecified atom stereocenters. The third-order valence-electron chi connectivity index (χ3n) is 6.06. The van der Waals surface area contributed by atoms with Crippen molar-refractivity contribution in [2.45, 2.75) is 0 Å². The molecule has 0 saturated carbocycles. The van der Waals surface area contributed by atoms with E-state index in [2.05, 4.69) is 42.6 Å². The Labute approximate surface area is 202 Å². The maximum Gasteiger partial charge on any atom is 0.138 e. The third-order valence-corrected chi connectivity index (χ3v) is 7.19. The molecule has 33 heavy (non-hydrogen) atoms. The molecule has 0 atom stereocenters. The van der Waals surface area contributed by atoms with E-state index in [-0.39, 0.29) is 0 Å². The first-order valence-corrected chi connectivity index (χ1v) is 12.3. The number of ether oxygens (including phenoxy) is 1. The molecule has 1 saturated heterocycles. The van der Waals surface area contributed by atoms with E-state index in [1.54, 1.807) is 24.8 Å². The summed E-state index contributed by atoms with van der Waals surface area (Å²) >= 11 is 7.72. The maximum atomic E-state index is 6.07. The second-order valence-corrected chi connectivity index (χ2v) is 9.31. The highest BCUT2D eigenvalue weighted by Crippen LogP contribution is 2.36. The van der Waals surface area contributed by atoms with Crippen LogP contribution in [0.1, 0.15) is 0 Å². The molecule has 2 aromatic carbocycles. The number of anilines is 2. The number of halogens is 1. The quantitative estimate of drug-likeness (QED) is 0.390. The number of thiophene rings is 1. The first-order chi connectivity index (χ1) is 16.2. The van der Waals surface area contributed by atoms with Gasteiger partial charge in [0.15, 0.2) is 0 Å². The maximum absolute atomic E-state index is 6.07. The molecule has 4 aromatic rings. The molecule has 5 rings (SSSR count). The summed E-state index contributed by atoms with van der Waals surface area (Å²) in [6.45, 7) is 5.94. The lowest BCUT2D eigenvalue weighted by Crippen LogP contribution is -2.47. The third kappa shape index (κ3) is 4.90. The number of nitrogens with zero attached hydrogens (tertiary/aromatic N) is 4. The average Bonchev–Trinajstić information content (AvgIpc) is 3.30. The summed E-state index contributed by atoms with van der Waals surface area (Å²) in [5.74, 6) is 1.79. The Balaban J connectivity index is 1.20. The highest BCUT2D eigenvalue weighted by molar-refractivity contribution is 7.17. The summed E-state index contributed by atoms with van der Waals surface area (Å²) in [7, 11) is 1.70. The van der Waals surface area contributed by atoms with Gasteiger partial charge in [-0.25, -0.2) is 9.97 Å². The summed E-state index contributed by atoms with van der Waals surface area (Å²) in [5.41, 5.74) is 3.52. The van der Waals surface area contributed by atoms with Gasteiger partial charge in [-0.3, -0.25) is 4.90 Å². The fourth-order valence-corrected chi connectivity index (χ4v) is 5.25. The van der Waals surface area contributed by atoms with Crippen molar-refractivity contribution in [3.05, 3.63) is 65.3 Å². The Morgan fingerprint density at radius 1 is 1.00 bits per heavy atom. The zero-order valence-corrected chi connectivity index (χ0v) is 20.1. The van der Waals surface area contributed by atoms with E-state index in [4.69, 9.17) is 16.3 Å². The molecule has 170 valence electrons. The minimum absolute atomic E-state index is 0.736. The Bertz CT molecular complexity index is 1200. The van der Waals surface area contributed by atoms with Gasteiger partial charge < -0.3 is 15.0 Å². The number of methoxy groups -OCH3 is 1. The Morgan fingerprint density at radius 3 is 2.48 bits per heavy atom. The lowest BCUT2D eigenvalue weighted by molar-refractivity contribution is 0.267. The molecule has 8 heteroatoms. The van der Waals surface area contributed by atoms with Gasteiger partial charge in [-0.05, 0) is 42.0 Å². The van der Waals surface area contributed by atoms with Crippen LogP contribution in [0.5, 0.6) is 5.75 Å². The van der Waals surface area contributed by atoms with E-state index in [0.29, 0.717) is 0 Å². The van der Waals surface area contributed by atoms with E-state index in [9.17, 15) is 0 Å². The monoisotopic (exact) mass is 479 g/mol. The molecule has 1 N–H and O–H groups in total. The predicted molar refractivity (Wildman–Crippen MR) is 138 cm³/mol. The van der Waals surface area contributed by atoms with Crippen LogP contribution >= 0.6 is 22.9 Å². The Hall–Kier alpha value is -2.87. The average molecular weight is 480 g/mol. The van der Waals surface area contributed by atoms with Crippen LogP contribution in [-0.2, 0) is 0 Å². The standard InChI is InChI=1S/C25H26ClN5OS/c1-32-21-8-6-20(7-9-21)31-14-12-30(13-15-31)11-10-27-24-23-22(16-33-25(23)29-17-28-24)18-2-4-19(26)5-3-18/h2-9,16-17H,10-15H2,1H3,(H,27,28,29). The molecular formula is C25H26ClN5OS. The number of nitrogens with one attached hydrogen (secondary N) is 1. The van der Waals surface area contributed by atoms with Gasteiger partial charge in [-0.15, -0.1) is 11.3 Å². The van der Waals surface area contributed by atoms with Crippen LogP contribution in [-0.4, -0.2) is 61.2 Å². The summed E-state index contributed by atoms with van der Waals surface area (Å²) in [6, 6.07) is 16.2. The first-order valence-electron chi connectivity index (χ1n) is 11.0. The summed E-state index contributed by atoms with van der Waals surface area (Å²) < 4.78 is 5.27. The Morgan fingerprint density at radius 2 is 1.76 bits per heavy atom. The van der Waals surface area contributed by atoms with Crippen molar-refractivity contribution in [2.24, 2.45) is 0 Å². The van der Waals surface area contributed by atoms with Gasteiger partial charge in [-0.2, -0.15) is 0 Å². The smallest absolute Gasteiger partial charge is 0.138 e. The van der Waals surface area contributed by atoms with Crippen LogP contribution in [0.15, 0.2) is 60.2 Å². The largest absolute Gasteiger partial charge is 0.497 e. The molecule has 6 nitrogen and oxygen atoms in total. The van der Waals surface area contributed by atoms with E-state index in [1.165, 1.54) is 5.69 Å². The molecule has 2 aromatic heterocycles. The lowest BCUT2D eigenvalue weighted by Gasteiger charge is -2.36. The van der Waals surface area contributed by atoms with Crippen molar-refractivity contribution in [1.82, 2.24) is 14.9 Å². The van der Waals surface area contributed by atoms with E-state index >= 15 is 0 Å². The molecule has 0 spiro atoms. The molecule has 0 aliphatic carbocycles. The highest BCUT2D eigenvalue weighted by Gasteiger charge is 2.18. The van der Waals surface area contributed by atoms with Gasteiger partial charge in [0.05, 0.1) is 12.5 Å². The van der Waals surface area contributed by atoms with Gasteiger partial charge in [-0.1, -0.05) is 23.7 Å². The van der Waals surface area contributed by atoms with E-state index < -0.39 is 0 Å². The minimum Gasteiger partial charge on any atom is -0.497 e. The van der Waals surface area contributed by atoms with Crippen LogP contribution in [0.25, 0.3) is 21.3 Å². The number of fused-ring (bicyclic) bond motifs is 1. The molecule has 0 amide bonds. The van der Waals surface area contributed by atoms with Crippen molar-refractivity contribution in [2.75, 3.05) is 56.6 Å². The van der Waals surface area contributed by atoms with E-state index in [0.717, 1.165) is 77.2 Å². The number of hydrogen-bond acceptors (Lipinski definition) is 7. The highest BCUT2D eigenvalue weighted by atomic mass is 35.5. The molecule has 1 aliphatic rings. The Kier molecular flexibility index (Phi) is 6.62. The number of rotatable bonds is 7.